The first-order valence-electron chi connectivity index (χ1n) is 4.95. The van der Waals surface area contributed by atoms with Crippen molar-refractivity contribution in [3.05, 3.63) is 0 Å². The monoisotopic (exact) mass is 189 g/mol. The minimum Gasteiger partial charge on any atom is -0.394 e. The molecule has 0 fully saturated rings. The zero-order chi connectivity index (χ0) is 10.3. The number of rotatable bonds is 7. The smallest absolute Gasteiger partial charge is 0.0610 e. The van der Waals surface area contributed by atoms with Gasteiger partial charge in [0.05, 0.1) is 12.7 Å². The number of hydrogen-bond acceptors (Lipinski definition) is 3. The van der Waals surface area contributed by atoms with Gasteiger partial charge in [0.15, 0.2) is 0 Å². The van der Waals surface area contributed by atoms with Gasteiger partial charge < -0.3 is 15.2 Å². The number of ether oxygens (including phenoxy) is 1. The van der Waals surface area contributed by atoms with Gasteiger partial charge in [-0.15, -0.1) is 0 Å². The van der Waals surface area contributed by atoms with Gasteiger partial charge in [0, 0.05) is 12.1 Å². The highest BCUT2D eigenvalue weighted by atomic mass is 16.5. The predicted octanol–water partition coefficient (Wildman–Crippen LogP) is 1.16. The lowest BCUT2D eigenvalue weighted by molar-refractivity contribution is 0.0676. The summed E-state index contributed by atoms with van der Waals surface area (Å²) in [5.41, 5.74) is -0.152. The van der Waals surface area contributed by atoms with Gasteiger partial charge >= 0.3 is 0 Å². The third-order valence-electron chi connectivity index (χ3n) is 2.28. The third kappa shape index (κ3) is 6.02. The maximum atomic E-state index is 9.09. The van der Waals surface area contributed by atoms with Gasteiger partial charge in [-0.1, -0.05) is 0 Å². The minimum absolute atomic E-state index is 0.152. The largest absolute Gasteiger partial charge is 0.394 e. The minimum atomic E-state index is -0.152. The molecule has 0 bridgehead atoms. The predicted molar refractivity (Wildman–Crippen MR) is 54.9 cm³/mol. The second kappa shape index (κ2) is 6.35. The lowest BCUT2D eigenvalue weighted by Gasteiger charge is -2.26. The number of aliphatic hydroxyl groups is 1. The van der Waals surface area contributed by atoms with Gasteiger partial charge in [0.2, 0.25) is 0 Å². The molecule has 13 heavy (non-hydrogen) atoms. The van der Waals surface area contributed by atoms with Crippen LogP contribution in [-0.4, -0.2) is 37.0 Å². The van der Waals surface area contributed by atoms with E-state index >= 15 is 0 Å². The average molecular weight is 189 g/mol. The van der Waals surface area contributed by atoms with Gasteiger partial charge in [-0.05, 0) is 40.7 Å². The Morgan fingerprint density at radius 1 is 1.46 bits per heavy atom. The zero-order valence-corrected chi connectivity index (χ0v) is 9.26. The molecule has 0 aliphatic heterocycles. The molecular weight excluding hydrogens is 166 g/mol. The van der Waals surface area contributed by atoms with E-state index in [4.69, 9.17) is 9.84 Å². The molecule has 80 valence electrons. The van der Waals surface area contributed by atoms with E-state index in [0.717, 1.165) is 19.4 Å². The van der Waals surface area contributed by atoms with Gasteiger partial charge in [0.1, 0.15) is 0 Å². The van der Waals surface area contributed by atoms with Crippen LogP contribution in [0.4, 0.5) is 0 Å². The summed E-state index contributed by atoms with van der Waals surface area (Å²) in [6, 6.07) is 0. The van der Waals surface area contributed by atoms with Crippen LogP contribution in [0.1, 0.15) is 33.6 Å². The fraction of sp³-hybridized carbons (Fsp3) is 1.00. The molecule has 0 radical (unpaired) electrons. The fourth-order valence-corrected chi connectivity index (χ4v) is 1.06. The van der Waals surface area contributed by atoms with E-state index in [2.05, 4.69) is 5.32 Å². The summed E-state index contributed by atoms with van der Waals surface area (Å²) < 4.78 is 5.42. The zero-order valence-electron chi connectivity index (χ0n) is 9.26. The Kier molecular flexibility index (Phi) is 6.29. The van der Waals surface area contributed by atoms with Gasteiger partial charge in [-0.3, -0.25) is 0 Å². The third-order valence-corrected chi connectivity index (χ3v) is 2.28. The maximum absolute atomic E-state index is 9.09. The molecule has 3 heteroatoms. The van der Waals surface area contributed by atoms with E-state index in [9.17, 15) is 0 Å². The molecule has 0 rings (SSSR count). The van der Waals surface area contributed by atoms with Crippen molar-refractivity contribution in [2.24, 2.45) is 0 Å². The molecule has 1 atom stereocenters. The van der Waals surface area contributed by atoms with E-state index in [-0.39, 0.29) is 12.1 Å². The Hall–Kier alpha value is -0.120. The van der Waals surface area contributed by atoms with Crippen molar-refractivity contribution in [1.82, 2.24) is 5.32 Å². The highest BCUT2D eigenvalue weighted by Gasteiger charge is 2.19. The molecule has 0 spiro atoms. The SMILES string of the molecule is CNC(C)(CO)CCCOC(C)C. The van der Waals surface area contributed by atoms with Crippen molar-refractivity contribution in [3.63, 3.8) is 0 Å². The van der Waals surface area contributed by atoms with Crippen molar-refractivity contribution < 1.29 is 9.84 Å². The van der Waals surface area contributed by atoms with Crippen molar-refractivity contribution in [1.29, 1.82) is 0 Å². The van der Waals surface area contributed by atoms with E-state index in [0.29, 0.717) is 6.10 Å². The van der Waals surface area contributed by atoms with Crippen LogP contribution < -0.4 is 5.32 Å². The Labute approximate surface area is 81.5 Å². The van der Waals surface area contributed by atoms with Gasteiger partial charge in [-0.2, -0.15) is 0 Å². The van der Waals surface area contributed by atoms with Crippen LogP contribution in [0.5, 0.6) is 0 Å². The number of hydrogen-bond donors (Lipinski definition) is 2. The van der Waals surface area contributed by atoms with E-state index in [1.165, 1.54) is 0 Å². The quantitative estimate of drug-likeness (QED) is 0.591. The molecule has 3 nitrogen and oxygen atoms in total. The Balaban J connectivity index is 3.50. The lowest BCUT2D eigenvalue weighted by Crippen LogP contribution is -2.43. The van der Waals surface area contributed by atoms with E-state index in [1.54, 1.807) is 0 Å². The fourth-order valence-electron chi connectivity index (χ4n) is 1.06. The summed E-state index contributed by atoms with van der Waals surface area (Å²) in [6.07, 6.45) is 2.22. The lowest BCUT2D eigenvalue weighted by atomic mass is 9.97. The highest BCUT2D eigenvalue weighted by molar-refractivity contribution is 4.79. The van der Waals surface area contributed by atoms with Crippen molar-refractivity contribution >= 4 is 0 Å². The maximum Gasteiger partial charge on any atom is 0.0610 e. The molecule has 1 unspecified atom stereocenters. The molecule has 2 N–H and O–H groups in total. The second-order valence-electron chi connectivity index (χ2n) is 3.99. The van der Waals surface area contributed by atoms with Gasteiger partial charge in [-0.25, -0.2) is 0 Å². The van der Waals surface area contributed by atoms with Crippen molar-refractivity contribution in [2.45, 2.75) is 45.3 Å². The summed E-state index contributed by atoms with van der Waals surface area (Å²) in [5, 5.41) is 12.2. The molecule has 0 aliphatic rings. The Bertz CT molecular complexity index is 122. The topological polar surface area (TPSA) is 41.5 Å². The normalized spacial score (nSPS) is 16.2. The summed E-state index contributed by atoms with van der Waals surface area (Å²) in [5.74, 6) is 0. The van der Waals surface area contributed by atoms with Crippen LogP contribution in [0.15, 0.2) is 0 Å². The standard InChI is InChI=1S/C10H23NO2/c1-9(2)13-7-5-6-10(3,8-12)11-4/h9,11-12H,5-8H2,1-4H3. The van der Waals surface area contributed by atoms with Gasteiger partial charge in [0.25, 0.3) is 0 Å². The first-order chi connectivity index (χ1) is 6.04. The molecule has 0 aromatic heterocycles. The second-order valence-corrected chi connectivity index (χ2v) is 3.99. The molecule has 0 aromatic rings. The van der Waals surface area contributed by atoms with Crippen LogP contribution in [0.2, 0.25) is 0 Å². The molecule has 0 amide bonds. The van der Waals surface area contributed by atoms with E-state index < -0.39 is 0 Å². The average Bonchev–Trinajstić information content (AvgIpc) is 2.12. The molecular formula is C10H23NO2. The Morgan fingerprint density at radius 3 is 2.46 bits per heavy atom. The molecule has 0 saturated heterocycles. The molecule has 0 saturated carbocycles. The number of aliphatic hydroxyl groups excluding tert-OH is 1. The first kappa shape index (κ1) is 12.9. The highest BCUT2D eigenvalue weighted by Crippen LogP contribution is 2.10. The molecule has 0 aromatic carbocycles. The van der Waals surface area contributed by atoms with Crippen LogP contribution in [0, 0.1) is 0 Å². The summed E-state index contributed by atoms with van der Waals surface area (Å²) in [4.78, 5) is 0. The van der Waals surface area contributed by atoms with Crippen LogP contribution in [-0.2, 0) is 4.74 Å². The summed E-state index contributed by atoms with van der Waals surface area (Å²) in [7, 11) is 1.87. The molecule has 0 aliphatic carbocycles. The summed E-state index contributed by atoms with van der Waals surface area (Å²) >= 11 is 0. The first-order valence-corrected chi connectivity index (χ1v) is 4.95. The van der Waals surface area contributed by atoms with E-state index in [1.807, 2.05) is 27.8 Å². The van der Waals surface area contributed by atoms with Crippen LogP contribution in [0.3, 0.4) is 0 Å². The number of nitrogens with one attached hydrogen (secondary N) is 1. The molecule has 0 heterocycles. The van der Waals surface area contributed by atoms with Crippen molar-refractivity contribution in [3.8, 4) is 0 Å². The number of likely N-dealkylation sites (N-methyl/N-ethyl adjacent to an activating group) is 1. The van der Waals surface area contributed by atoms with Crippen LogP contribution >= 0.6 is 0 Å². The van der Waals surface area contributed by atoms with Crippen LogP contribution in [0.25, 0.3) is 0 Å². The Morgan fingerprint density at radius 2 is 2.08 bits per heavy atom. The summed E-state index contributed by atoms with van der Waals surface area (Å²) in [6.45, 7) is 7.02. The van der Waals surface area contributed by atoms with Crippen molar-refractivity contribution in [2.75, 3.05) is 20.3 Å².